The summed E-state index contributed by atoms with van der Waals surface area (Å²) in [6.45, 7) is 4.88. The lowest BCUT2D eigenvalue weighted by molar-refractivity contribution is -0.133. The summed E-state index contributed by atoms with van der Waals surface area (Å²) in [6.07, 6.45) is 3.45. The van der Waals surface area contributed by atoms with Gasteiger partial charge in [0.25, 0.3) is 0 Å². The van der Waals surface area contributed by atoms with Crippen molar-refractivity contribution in [3.8, 4) is 0 Å². The zero-order chi connectivity index (χ0) is 16.7. The van der Waals surface area contributed by atoms with Gasteiger partial charge in [-0.1, -0.05) is 0 Å². The number of likely N-dealkylation sites (N-methyl/N-ethyl adjacent to an activating group) is 1. The van der Waals surface area contributed by atoms with E-state index in [2.05, 4.69) is 9.97 Å². The molecule has 0 atom stereocenters. The van der Waals surface area contributed by atoms with Crippen molar-refractivity contribution >= 4 is 33.3 Å². The standard InChI is InChI=1S/C17H22N4O2S/c1-11-18-16(15-12-4-3-5-13(12)24-17(15)19-11)20(2)10-14(22)21-6-8-23-9-7-21/h3-10H2,1-2H3. The molecule has 1 saturated heterocycles. The molecule has 24 heavy (non-hydrogen) atoms. The van der Waals surface area contributed by atoms with E-state index < -0.39 is 0 Å². The molecule has 0 spiro atoms. The number of morpholine rings is 1. The number of thiophene rings is 1. The molecule has 2 aliphatic rings. The predicted molar refractivity (Wildman–Crippen MR) is 94.8 cm³/mol. The molecule has 1 aliphatic carbocycles. The molecule has 4 rings (SSSR count). The minimum Gasteiger partial charge on any atom is -0.378 e. The maximum absolute atomic E-state index is 12.6. The minimum absolute atomic E-state index is 0.136. The Hall–Kier alpha value is -1.73. The molecule has 0 bridgehead atoms. The van der Waals surface area contributed by atoms with E-state index in [0.29, 0.717) is 32.8 Å². The van der Waals surface area contributed by atoms with Crippen LogP contribution in [0.15, 0.2) is 0 Å². The molecular weight excluding hydrogens is 324 g/mol. The number of hydrogen-bond acceptors (Lipinski definition) is 6. The van der Waals surface area contributed by atoms with Crippen LogP contribution in [-0.2, 0) is 22.4 Å². The van der Waals surface area contributed by atoms with Crippen LogP contribution in [0.25, 0.3) is 10.2 Å². The van der Waals surface area contributed by atoms with Gasteiger partial charge in [0.05, 0.1) is 25.1 Å². The van der Waals surface area contributed by atoms with Crippen molar-refractivity contribution in [2.75, 3.05) is 44.8 Å². The third kappa shape index (κ3) is 2.75. The number of carbonyl (C=O) groups is 1. The lowest BCUT2D eigenvalue weighted by Crippen LogP contribution is -2.45. The van der Waals surface area contributed by atoms with Gasteiger partial charge in [-0.15, -0.1) is 11.3 Å². The average Bonchev–Trinajstić information content (AvgIpc) is 3.15. The number of rotatable bonds is 3. The Morgan fingerprint density at radius 1 is 1.29 bits per heavy atom. The van der Waals surface area contributed by atoms with E-state index >= 15 is 0 Å². The van der Waals surface area contributed by atoms with Gasteiger partial charge in [0.2, 0.25) is 5.91 Å². The predicted octanol–water partition coefficient (Wildman–Crippen LogP) is 1.78. The van der Waals surface area contributed by atoms with E-state index in [9.17, 15) is 4.79 Å². The Bertz CT molecular complexity index is 782. The van der Waals surface area contributed by atoms with Crippen molar-refractivity contribution in [3.05, 3.63) is 16.3 Å². The molecular formula is C17H22N4O2S. The summed E-state index contributed by atoms with van der Waals surface area (Å²) in [7, 11) is 1.96. The maximum Gasteiger partial charge on any atom is 0.242 e. The molecule has 1 fully saturated rings. The monoisotopic (exact) mass is 346 g/mol. The third-order valence-corrected chi connectivity index (χ3v) is 5.94. The maximum atomic E-state index is 12.6. The number of hydrogen-bond donors (Lipinski definition) is 0. The van der Waals surface area contributed by atoms with Crippen molar-refractivity contribution in [2.24, 2.45) is 0 Å². The number of ether oxygens (including phenoxy) is 1. The second kappa shape index (κ2) is 6.29. The van der Waals surface area contributed by atoms with Crippen LogP contribution < -0.4 is 4.90 Å². The van der Waals surface area contributed by atoms with Gasteiger partial charge < -0.3 is 14.5 Å². The van der Waals surface area contributed by atoms with Gasteiger partial charge in [-0.25, -0.2) is 9.97 Å². The molecule has 6 nitrogen and oxygen atoms in total. The Kier molecular flexibility index (Phi) is 4.14. The van der Waals surface area contributed by atoms with Gasteiger partial charge in [0, 0.05) is 25.0 Å². The fraction of sp³-hybridized carbons (Fsp3) is 0.588. The van der Waals surface area contributed by atoms with Gasteiger partial charge in [0.15, 0.2) is 0 Å². The molecule has 128 valence electrons. The summed E-state index contributed by atoms with van der Waals surface area (Å²) in [5.41, 5.74) is 1.40. The molecule has 0 radical (unpaired) electrons. The lowest BCUT2D eigenvalue weighted by Gasteiger charge is -2.29. The summed E-state index contributed by atoms with van der Waals surface area (Å²) in [5, 5.41) is 1.16. The van der Waals surface area contributed by atoms with Crippen molar-refractivity contribution in [1.29, 1.82) is 0 Å². The second-order valence-corrected chi connectivity index (χ2v) is 7.56. The Morgan fingerprint density at radius 3 is 2.88 bits per heavy atom. The van der Waals surface area contributed by atoms with Crippen LogP contribution in [-0.4, -0.2) is 60.7 Å². The normalized spacial score (nSPS) is 17.3. The van der Waals surface area contributed by atoms with Crippen LogP contribution in [0, 0.1) is 6.92 Å². The number of fused-ring (bicyclic) bond motifs is 3. The minimum atomic E-state index is 0.136. The quantitative estimate of drug-likeness (QED) is 0.848. The topological polar surface area (TPSA) is 58.6 Å². The van der Waals surface area contributed by atoms with Crippen molar-refractivity contribution in [1.82, 2.24) is 14.9 Å². The zero-order valence-electron chi connectivity index (χ0n) is 14.2. The van der Waals surface area contributed by atoms with Crippen molar-refractivity contribution in [2.45, 2.75) is 26.2 Å². The van der Waals surface area contributed by atoms with Gasteiger partial charge in [-0.2, -0.15) is 0 Å². The number of amides is 1. The van der Waals surface area contributed by atoms with Crippen LogP contribution in [0.1, 0.15) is 22.7 Å². The first-order valence-corrected chi connectivity index (χ1v) is 9.30. The van der Waals surface area contributed by atoms with E-state index in [1.165, 1.54) is 16.9 Å². The number of aryl methyl sites for hydroxylation is 3. The summed E-state index contributed by atoms with van der Waals surface area (Å²) in [4.78, 5) is 28.2. The highest BCUT2D eigenvalue weighted by atomic mass is 32.1. The fourth-order valence-electron chi connectivity index (χ4n) is 3.55. The van der Waals surface area contributed by atoms with E-state index in [4.69, 9.17) is 4.74 Å². The summed E-state index contributed by atoms with van der Waals surface area (Å²) in [6, 6.07) is 0. The first kappa shape index (κ1) is 15.8. The fourth-order valence-corrected chi connectivity index (χ4v) is 4.85. The number of anilines is 1. The molecule has 0 unspecified atom stereocenters. The highest BCUT2D eigenvalue weighted by molar-refractivity contribution is 7.19. The molecule has 0 saturated carbocycles. The first-order chi connectivity index (χ1) is 11.6. The molecule has 1 aliphatic heterocycles. The van der Waals surface area contributed by atoms with Crippen LogP contribution in [0.5, 0.6) is 0 Å². The van der Waals surface area contributed by atoms with E-state index in [-0.39, 0.29) is 5.91 Å². The van der Waals surface area contributed by atoms with Crippen LogP contribution in [0.4, 0.5) is 5.82 Å². The van der Waals surface area contributed by atoms with Gasteiger partial charge >= 0.3 is 0 Å². The Labute approximate surface area is 145 Å². The molecule has 7 heteroatoms. The molecule has 2 aromatic heterocycles. The Balaban J connectivity index is 1.64. The Morgan fingerprint density at radius 2 is 2.08 bits per heavy atom. The van der Waals surface area contributed by atoms with Gasteiger partial charge in [-0.05, 0) is 31.7 Å². The zero-order valence-corrected chi connectivity index (χ0v) is 15.0. The molecule has 2 aromatic rings. The van der Waals surface area contributed by atoms with Gasteiger partial charge in [0.1, 0.15) is 16.5 Å². The largest absolute Gasteiger partial charge is 0.378 e. The molecule has 3 heterocycles. The van der Waals surface area contributed by atoms with E-state index in [1.54, 1.807) is 11.3 Å². The summed E-state index contributed by atoms with van der Waals surface area (Å²) >= 11 is 1.79. The highest BCUT2D eigenvalue weighted by Crippen LogP contribution is 2.40. The third-order valence-electron chi connectivity index (χ3n) is 4.76. The highest BCUT2D eigenvalue weighted by Gasteiger charge is 2.25. The smallest absolute Gasteiger partial charge is 0.242 e. The van der Waals surface area contributed by atoms with Crippen LogP contribution in [0.2, 0.25) is 0 Å². The first-order valence-electron chi connectivity index (χ1n) is 8.49. The van der Waals surface area contributed by atoms with E-state index in [0.717, 1.165) is 34.7 Å². The number of carbonyl (C=O) groups excluding carboxylic acids is 1. The molecule has 1 amide bonds. The van der Waals surface area contributed by atoms with E-state index in [1.807, 2.05) is 23.8 Å². The number of nitrogens with zero attached hydrogens (tertiary/aromatic N) is 4. The summed E-state index contributed by atoms with van der Waals surface area (Å²) in [5.74, 6) is 1.80. The number of aromatic nitrogens is 2. The molecule has 0 N–H and O–H groups in total. The van der Waals surface area contributed by atoms with Crippen molar-refractivity contribution in [3.63, 3.8) is 0 Å². The second-order valence-electron chi connectivity index (χ2n) is 6.48. The van der Waals surface area contributed by atoms with Gasteiger partial charge in [-0.3, -0.25) is 4.79 Å². The average molecular weight is 346 g/mol. The SMILES string of the molecule is Cc1nc(N(C)CC(=O)N2CCOCC2)c2c3c(sc2n1)CCC3. The molecule has 0 aromatic carbocycles. The van der Waals surface area contributed by atoms with Crippen LogP contribution >= 0.6 is 11.3 Å². The van der Waals surface area contributed by atoms with Crippen molar-refractivity contribution < 1.29 is 9.53 Å². The van der Waals surface area contributed by atoms with Crippen LogP contribution in [0.3, 0.4) is 0 Å². The lowest BCUT2D eigenvalue weighted by atomic mass is 10.2. The summed E-state index contributed by atoms with van der Waals surface area (Å²) < 4.78 is 5.33.